The normalized spacial score (nSPS) is 10.7. The van der Waals surface area contributed by atoms with Crippen molar-refractivity contribution in [3.63, 3.8) is 0 Å². The van der Waals surface area contributed by atoms with E-state index in [1.807, 2.05) is 30.7 Å². The lowest BCUT2D eigenvalue weighted by Gasteiger charge is -2.02. The van der Waals surface area contributed by atoms with Gasteiger partial charge in [-0.3, -0.25) is 0 Å². The van der Waals surface area contributed by atoms with Crippen LogP contribution in [0.15, 0.2) is 29.4 Å². The quantitative estimate of drug-likeness (QED) is 0.664. The first-order chi connectivity index (χ1) is 8.16. The van der Waals surface area contributed by atoms with Gasteiger partial charge in [-0.05, 0) is 31.0 Å². The molecule has 2 rings (SSSR count). The zero-order chi connectivity index (χ0) is 12.3. The van der Waals surface area contributed by atoms with Crippen LogP contribution in [0.3, 0.4) is 0 Å². The maximum absolute atomic E-state index is 5.64. The first-order valence-corrected chi connectivity index (χ1v) is 6.48. The van der Waals surface area contributed by atoms with Crippen LogP contribution in [0.1, 0.15) is 11.4 Å². The predicted molar refractivity (Wildman–Crippen MR) is 71.0 cm³/mol. The summed E-state index contributed by atoms with van der Waals surface area (Å²) < 4.78 is 2.01. The van der Waals surface area contributed by atoms with Gasteiger partial charge in [0.05, 0.1) is 0 Å². The minimum Gasteiger partial charge on any atom is -0.399 e. The molecule has 0 radical (unpaired) electrons. The second kappa shape index (κ2) is 5.23. The van der Waals surface area contributed by atoms with Crippen molar-refractivity contribution < 1.29 is 0 Å². The number of hydrogen-bond acceptors (Lipinski definition) is 4. The van der Waals surface area contributed by atoms with Crippen LogP contribution in [-0.4, -0.2) is 20.5 Å². The van der Waals surface area contributed by atoms with Gasteiger partial charge >= 0.3 is 0 Å². The van der Waals surface area contributed by atoms with Crippen LogP contribution < -0.4 is 5.73 Å². The highest BCUT2D eigenvalue weighted by molar-refractivity contribution is 7.99. The summed E-state index contributed by atoms with van der Waals surface area (Å²) in [6.45, 7) is 1.96. The van der Waals surface area contributed by atoms with Crippen LogP contribution in [0.4, 0.5) is 5.69 Å². The van der Waals surface area contributed by atoms with Gasteiger partial charge in [-0.2, -0.15) is 0 Å². The molecule has 90 valence electrons. The molecule has 4 nitrogen and oxygen atoms in total. The Balaban J connectivity index is 1.87. The minimum atomic E-state index is 0.810. The molecule has 17 heavy (non-hydrogen) atoms. The van der Waals surface area contributed by atoms with Crippen LogP contribution >= 0.6 is 11.8 Å². The molecule has 0 atom stereocenters. The predicted octanol–water partition coefficient (Wildman–Crippen LogP) is 2.04. The van der Waals surface area contributed by atoms with E-state index in [4.69, 9.17) is 5.73 Å². The molecule has 0 aliphatic heterocycles. The van der Waals surface area contributed by atoms with E-state index < -0.39 is 0 Å². The van der Waals surface area contributed by atoms with E-state index >= 15 is 0 Å². The average Bonchev–Trinajstić information content (AvgIpc) is 2.64. The Hall–Kier alpha value is -1.49. The number of nitrogen functional groups attached to an aromatic ring is 1. The minimum absolute atomic E-state index is 0.810. The Bertz CT molecular complexity index is 490. The van der Waals surface area contributed by atoms with Crippen LogP contribution in [0.25, 0.3) is 0 Å². The highest BCUT2D eigenvalue weighted by atomic mass is 32.2. The molecule has 0 bridgehead atoms. The molecule has 2 N–H and O–H groups in total. The second-order valence-corrected chi connectivity index (χ2v) is 4.99. The number of hydrogen-bond donors (Lipinski definition) is 1. The zero-order valence-corrected chi connectivity index (χ0v) is 10.9. The molecular weight excluding hydrogens is 232 g/mol. The summed E-state index contributed by atoms with van der Waals surface area (Å²) in [6, 6.07) is 8.01. The molecule has 1 aromatic heterocycles. The summed E-state index contributed by atoms with van der Waals surface area (Å²) in [6.07, 6.45) is 1.01. The number of benzene rings is 1. The van der Waals surface area contributed by atoms with Gasteiger partial charge in [-0.25, -0.2) is 0 Å². The Morgan fingerprint density at radius 1 is 1.24 bits per heavy atom. The smallest absolute Gasteiger partial charge is 0.190 e. The van der Waals surface area contributed by atoms with Gasteiger partial charge in [0.1, 0.15) is 5.82 Å². The SMILES string of the molecule is Cc1nnc(SCCc2ccc(N)cc2)n1C. The number of rotatable bonds is 4. The van der Waals surface area contributed by atoms with Crippen molar-refractivity contribution in [1.82, 2.24) is 14.8 Å². The van der Waals surface area contributed by atoms with E-state index in [1.165, 1.54) is 5.56 Å². The Morgan fingerprint density at radius 3 is 2.53 bits per heavy atom. The van der Waals surface area contributed by atoms with Crippen molar-refractivity contribution in [2.45, 2.75) is 18.5 Å². The highest BCUT2D eigenvalue weighted by Crippen LogP contribution is 2.17. The van der Waals surface area contributed by atoms with Crippen molar-refractivity contribution in [1.29, 1.82) is 0 Å². The fraction of sp³-hybridized carbons (Fsp3) is 0.333. The fourth-order valence-corrected chi connectivity index (χ4v) is 2.40. The van der Waals surface area contributed by atoms with Crippen LogP contribution in [0, 0.1) is 6.92 Å². The van der Waals surface area contributed by atoms with Crippen molar-refractivity contribution in [3.8, 4) is 0 Å². The molecule has 0 fully saturated rings. The molecule has 2 aromatic rings. The maximum Gasteiger partial charge on any atom is 0.190 e. The van der Waals surface area contributed by atoms with Gasteiger partial charge in [0.15, 0.2) is 5.16 Å². The van der Waals surface area contributed by atoms with Crippen LogP contribution in [0.2, 0.25) is 0 Å². The largest absolute Gasteiger partial charge is 0.399 e. The molecule has 0 unspecified atom stereocenters. The number of aryl methyl sites for hydroxylation is 2. The first-order valence-electron chi connectivity index (χ1n) is 5.50. The summed E-state index contributed by atoms with van der Waals surface area (Å²) in [5, 5.41) is 9.12. The third-order valence-corrected chi connectivity index (χ3v) is 3.68. The summed E-state index contributed by atoms with van der Waals surface area (Å²) in [5.41, 5.74) is 7.75. The van der Waals surface area contributed by atoms with E-state index in [0.29, 0.717) is 0 Å². The summed E-state index contributed by atoms with van der Waals surface area (Å²) in [7, 11) is 1.99. The molecule has 0 spiro atoms. The monoisotopic (exact) mass is 248 g/mol. The summed E-state index contributed by atoms with van der Waals surface area (Å²) in [4.78, 5) is 0. The van der Waals surface area contributed by atoms with Gasteiger partial charge in [0.25, 0.3) is 0 Å². The Kier molecular flexibility index (Phi) is 3.68. The number of anilines is 1. The molecule has 1 heterocycles. The lowest BCUT2D eigenvalue weighted by molar-refractivity contribution is 0.765. The van der Waals surface area contributed by atoms with E-state index in [2.05, 4.69) is 22.3 Å². The molecule has 0 saturated carbocycles. The lowest BCUT2D eigenvalue weighted by Crippen LogP contribution is -1.96. The van der Waals surface area contributed by atoms with Gasteiger partial charge in [-0.15, -0.1) is 10.2 Å². The molecule has 5 heteroatoms. The number of nitrogens with zero attached hydrogens (tertiary/aromatic N) is 3. The number of thioether (sulfide) groups is 1. The van der Waals surface area contributed by atoms with Gasteiger partial charge in [-0.1, -0.05) is 23.9 Å². The molecule has 0 saturated heterocycles. The van der Waals surface area contributed by atoms with Crippen LogP contribution in [0.5, 0.6) is 0 Å². The highest BCUT2D eigenvalue weighted by Gasteiger charge is 2.04. The van der Waals surface area contributed by atoms with Gasteiger partial charge in [0.2, 0.25) is 0 Å². The van der Waals surface area contributed by atoms with Gasteiger partial charge in [0, 0.05) is 18.5 Å². The van der Waals surface area contributed by atoms with Crippen molar-refractivity contribution in [2.75, 3.05) is 11.5 Å². The Morgan fingerprint density at radius 2 is 1.94 bits per heavy atom. The third-order valence-electron chi connectivity index (χ3n) is 2.65. The van der Waals surface area contributed by atoms with Crippen molar-refractivity contribution >= 4 is 17.4 Å². The maximum atomic E-state index is 5.64. The number of aromatic nitrogens is 3. The zero-order valence-electron chi connectivity index (χ0n) is 10.1. The van der Waals surface area contributed by atoms with Crippen LogP contribution in [-0.2, 0) is 13.5 Å². The van der Waals surface area contributed by atoms with E-state index in [0.717, 1.165) is 28.8 Å². The first kappa shape index (κ1) is 12.0. The number of nitrogens with two attached hydrogens (primary N) is 1. The average molecular weight is 248 g/mol. The summed E-state index contributed by atoms with van der Waals surface area (Å²) >= 11 is 1.73. The third kappa shape index (κ3) is 3.00. The molecular formula is C12H16N4S. The standard InChI is InChI=1S/C12H16N4S/c1-9-14-15-12(16(9)2)17-8-7-10-3-5-11(13)6-4-10/h3-6H,7-8,13H2,1-2H3. The van der Waals surface area contributed by atoms with Crippen molar-refractivity contribution in [2.24, 2.45) is 7.05 Å². The summed E-state index contributed by atoms with van der Waals surface area (Å²) in [5.74, 6) is 1.94. The topological polar surface area (TPSA) is 56.7 Å². The van der Waals surface area contributed by atoms with E-state index in [-0.39, 0.29) is 0 Å². The molecule has 0 amide bonds. The van der Waals surface area contributed by atoms with E-state index in [1.54, 1.807) is 11.8 Å². The van der Waals surface area contributed by atoms with Gasteiger partial charge < -0.3 is 10.3 Å². The Labute approximate surface area is 105 Å². The molecule has 0 aliphatic carbocycles. The molecule has 1 aromatic carbocycles. The van der Waals surface area contributed by atoms with Crippen molar-refractivity contribution in [3.05, 3.63) is 35.7 Å². The lowest BCUT2D eigenvalue weighted by atomic mass is 10.2. The molecule has 0 aliphatic rings. The second-order valence-electron chi connectivity index (χ2n) is 3.93. The van der Waals surface area contributed by atoms with E-state index in [9.17, 15) is 0 Å². The fourth-order valence-electron chi connectivity index (χ4n) is 1.46.